The maximum Gasteiger partial charge on any atom is 0.302 e. The molecule has 0 aromatic heterocycles. The lowest BCUT2D eigenvalue weighted by atomic mass is 10.2. The van der Waals surface area contributed by atoms with E-state index in [-0.39, 0.29) is 5.97 Å². The molecule has 0 aromatic carbocycles. The van der Waals surface area contributed by atoms with Crippen molar-refractivity contribution in [3.8, 4) is 0 Å². The number of allylic oxidation sites excluding steroid dienone is 3. The van der Waals surface area contributed by atoms with Crippen molar-refractivity contribution in [2.75, 3.05) is 6.61 Å². The Morgan fingerprint density at radius 2 is 1.87 bits per heavy atom. The predicted molar refractivity (Wildman–Crippen MR) is 63.7 cm³/mol. The van der Waals surface area contributed by atoms with Gasteiger partial charge >= 0.3 is 5.97 Å². The molecule has 0 heterocycles. The second-order valence-corrected chi connectivity index (χ2v) is 3.48. The van der Waals surface area contributed by atoms with Gasteiger partial charge in [-0.3, -0.25) is 4.79 Å². The Balaban J connectivity index is 3.24. The molecule has 0 radical (unpaired) electrons. The molecule has 0 amide bonds. The quantitative estimate of drug-likeness (QED) is 0.347. The minimum absolute atomic E-state index is 0.227. The molecule has 0 rings (SSSR count). The van der Waals surface area contributed by atoms with Gasteiger partial charge in [0, 0.05) is 6.92 Å². The number of esters is 1. The largest absolute Gasteiger partial charge is 0.462 e. The maximum absolute atomic E-state index is 10.4. The fraction of sp³-hybridized carbons (Fsp3) is 0.615. The van der Waals surface area contributed by atoms with Crippen molar-refractivity contribution in [3.05, 3.63) is 24.3 Å². The Kier molecular flexibility index (Phi) is 10.3. The van der Waals surface area contributed by atoms with Crippen molar-refractivity contribution in [1.82, 2.24) is 0 Å². The molecule has 0 unspecified atom stereocenters. The van der Waals surface area contributed by atoms with E-state index < -0.39 is 0 Å². The second-order valence-electron chi connectivity index (χ2n) is 3.48. The Morgan fingerprint density at radius 1 is 1.13 bits per heavy atom. The van der Waals surface area contributed by atoms with Gasteiger partial charge in [-0.2, -0.15) is 0 Å². The smallest absolute Gasteiger partial charge is 0.302 e. The third kappa shape index (κ3) is 12.9. The number of hydrogen-bond acceptors (Lipinski definition) is 2. The molecule has 0 fully saturated rings. The van der Waals surface area contributed by atoms with Crippen molar-refractivity contribution in [2.45, 2.75) is 46.0 Å². The van der Waals surface area contributed by atoms with Gasteiger partial charge in [0.1, 0.15) is 6.61 Å². The number of carbonyl (C=O) groups is 1. The van der Waals surface area contributed by atoms with Gasteiger partial charge in [0.05, 0.1) is 0 Å². The average molecular weight is 210 g/mol. The first-order chi connectivity index (χ1) is 7.27. The SMILES string of the molecule is CCCCCC=CCC=CCOC(C)=O. The van der Waals surface area contributed by atoms with Crippen LogP contribution in [-0.4, -0.2) is 12.6 Å². The van der Waals surface area contributed by atoms with Crippen LogP contribution < -0.4 is 0 Å². The van der Waals surface area contributed by atoms with Crippen molar-refractivity contribution >= 4 is 5.97 Å². The Labute approximate surface area is 93.0 Å². The van der Waals surface area contributed by atoms with Crippen LogP contribution in [0.1, 0.15) is 46.0 Å². The van der Waals surface area contributed by atoms with E-state index in [9.17, 15) is 4.79 Å². The maximum atomic E-state index is 10.4. The molecule has 0 aliphatic carbocycles. The summed E-state index contributed by atoms with van der Waals surface area (Å²) in [5.74, 6) is -0.227. The average Bonchev–Trinajstić information content (AvgIpc) is 2.20. The van der Waals surface area contributed by atoms with E-state index in [1.807, 2.05) is 12.2 Å². The minimum atomic E-state index is -0.227. The molecular formula is C13H22O2. The van der Waals surface area contributed by atoms with E-state index in [2.05, 4.69) is 19.1 Å². The molecule has 0 aliphatic rings. The molecule has 2 heteroatoms. The first-order valence-electron chi connectivity index (χ1n) is 5.70. The van der Waals surface area contributed by atoms with Crippen LogP contribution >= 0.6 is 0 Å². The Bertz CT molecular complexity index is 205. The summed E-state index contributed by atoms with van der Waals surface area (Å²) in [6.45, 7) is 4.02. The molecule has 15 heavy (non-hydrogen) atoms. The first kappa shape index (κ1) is 13.9. The topological polar surface area (TPSA) is 26.3 Å². The highest BCUT2D eigenvalue weighted by Crippen LogP contribution is 2.00. The van der Waals surface area contributed by atoms with Crippen LogP contribution in [0.3, 0.4) is 0 Å². The van der Waals surface area contributed by atoms with Crippen LogP contribution in [0.5, 0.6) is 0 Å². The molecule has 0 atom stereocenters. The zero-order valence-electron chi connectivity index (χ0n) is 9.87. The van der Waals surface area contributed by atoms with Crippen molar-refractivity contribution in [2.24, 2.45) is 0 Å². The van der Waals surface area contributed by atoms with Crippen molar-refractivity contribution in [3.63, 3.8) is 0 Å². The summed E-state index contributed by atoms with van der Waals surface area (Å²) in [5.41, 5.74) is 0. The fourth-order valence-electron chi connectivity index (χ4n) is 1.13. The number of hydrogen-bond donors (Lipinski definition) is 0. The number of unbranched alkanes of at least 4 members (excludes halogenated alkanes) is 3. The molecule has 0 spiro atoms. The van der Waals surface area contributed by atoms with Gasteiger partial charge < -0.3 is 4.74 Å². The van der Waals surface area contributed by atoms with E-state index in [4.69, 9.17) is 4.74 Å². The minimum Gasteiger partial charge on any atom is -0.462 e. The third-order valence-electron chi connectivity index (χ3n) is 1.96. The lowest BCUT2D eigenvalue weighted by molar-refractivity contribution is -0.139. The van der Waals surface area contributed by atoms with E-state index >= 15 is 0 Å². The molecule has 86 valence electrons. The summed E-state index contributed by atoms with van der Waals surface area (Å²) in [4.78, 5) is 10.4. The normalized spacial score (nSPS) is 11.3. The summed E-state index contributed by atoms with van der Waals surface area (Å²) < 4.78 is 4.75. The highest BCUT2D eigenvalue weighted by Gasteiger charge is 1.85. The highest BCUT2D eigenvalue weighted by molar-refractivity contribution is 5.65. The molecule has 0 aliphatic heterocycles. The van der Waals surface area contributed by atoms with Gasteiger partial charge in [0.2, 0.25) is 0 Å². The molecule has 0 saturated heterocycles. The molecule has 0 bridgehead atoms. The van der Waals surface area contributed by atoms with E-state index in [1.165, 1.54) is 32.6 Å². The standard InChI is InChI=1S/C13H22O2/c1-3-4-5-6-7-8-9-10-11-12-15-13(2)14/h7-8,10-11H,3-6,9,12H2,1-2H3. The first-order valence-corrected chi connectivity index (χ1v) is 5.70. The summed E-state index contributed by atoms with van der Waals surface area (Å²) in [7, 11) is 0. The number of ether oxygens (including phenoxy) is 1. The van der Waals surface area contributed by atoms with Crippen LogP contribution in [0.2, 0.25) is 0 Å². The Hall–Kier alpha value is -1.05. The van der Waals surface area contributed by atoms with Gasteiger partial charge in [0.25, 0.3) is 0 Å². The lowest BCUT2D eigenvalue weighted by Crippen LogP contribution is -1.97. The van der Waals surface area contributed by atoms with Gasteiger partial charge in [-0.05, 0) is 19.3 Å². The second kappa shape index (κ2) is 11.0. The highest BCUT2D eigenvalue weighted by atomic mass is 16.5. The van der Waals surface area contributed by atoms with Gasteiger partial charge in [-0.15, -0.1) is 0 Å². The Morgan fingerprint density at radius 3 is 2.53 bits per heavy atom. The van der Waals surface area contributed by atoms with Crippen LogP contribution in [-0.2, 0) is 9.53 Å². The zero-order chi connectivity index (χ0) is 11.4. The van der Waals surface area contributed by atoms with Crippen molar-refractivity contribution < 1.29 is 9.53 Å². The summed E-state index contributed by atoms with van der Waals surface area (Å²) in [6.07, 6.45) is 14.2. The van der Waals surface area contributed by atoms with Crippen molar-refractivity contribution in [1.29, 1.82) is 0 Å². The number of rotatable bonds is 8. The van der Waals surface area contributed by atoms with Crippen LogP contribution in [0, 0.1) is 0 Å². The van der Waals surface area contributed by atoms with Crippen LogP contribution in [0.4, 0.5) is 0 Å². The van der Waals surface area contributed by atoms with E-state index in [1.54, 1.807) is 0 Å². The van der Waals surface area contributed by atoms with Gasteiger partial charge in [0.15, 0.2) is 0 Å². The number of carbonyl (C=O) groups excluding carboxylic acids is 1. The summed E-state index contributed by atoms with van der Waals surface area (Å²) in [6, 6.07) is 0. The summed E-state index contributed by atoms with van der Waals surface area (Å²) in [5, 5.41) is 0. The van der Waals surface area contributed by atoms with E-state index in [0.29, 0.717) is 6.61 Å². The van der Waals surface area contributed by atoms with E-state index in [0.717, 1.165) is 6.42 Å². The van der Waals surface area contributed by atoms with Crippen LogP contribution in [0.25, 0.3) is 0 Å². The van der Waals surface area contributed by atoms with Gasteiger partial charge in [-0.25, -0.2) is 0 Å². The van der Waals surface area contributed by atoms with Crippen LogP contribution in [0.15, 0.2) is 24.3 Å². The molecule has 0 saturated carbocycles. The lowest BCUT2D eigenvalue weighted by Gasteiger charge is -1.93. The monoisotopic (exact) mass is 210 g/mol. The predicted octanol–water partition coefficient (Wildman–Crippen LogP) is 3.63. The zero-order valence-corrected chi connectivity index (χ0v) is 9.87. The fourth-order valence-corrected chi connectivity index (χ4v) is 1.13. The molecule has 2 nitrogen and oxygen atoms in total. The molecule has 0 N–H and O–H groups in total. The molecular weight excluding hydrogens is 188 g/mol. The third-order valence-corrected chi connectivity index (χ3v) is 1.96. The molecule has 0 aromatic rings. The van der Waals surface area contributed by atoms with Gasteiger partial charge in [-0.1, -0.05) is 44.1 Å². The summed E-state index contributed by atoms with van der Waals surface area (Å²) >= 11 is 0.